The third kappa shape index (κ3) is 9.66. The quantitative estimate of drug-likeness (QED) is 0.329. The van der Waals surface area contributed by atoms with Gasteiger partial charge in [0.25, 0.3) is 0 Å². The van der Waals surface area contributed by atoms with Crippen LogP contribution >= 0.6 is 0 Å². The van der Waals surface area contributed by atoms with E-state index in [4.69, 9.17) is 30.5 Å². The largest absolute Gasteiger partial charge is 0.497 e. The minimum atomic E-state index is -2.53. The maximum Gasteiger partial charge on any atom is 0.497 e. The first kappa shape index (κ1) is 17.0. The van der Waals surface area contributed by atoms with Crippen molar-refractivity contribution in [3.63, 3.8) is 0 Å². The Morgan fingerprint density at radius 3 is 1.24 bits per heavy atom. The third-order valence-corrected chi connectivity index (χ3v) is 4.32. The maximum atomic E-state index is 5.70. The Kier molecular flexibility index (Phi) is 11.1. The van der Waals surface area contributed by atoms with Crippen LogP contribution in [0, 0.1) is 0 Å². The van der Waals surface area contributed by atoms with Crippen LogP contribution in [-0.4, -0.2) is 48.3 Å². The highest BCUT2D eigenvalue weighted by atomic mass is 28.4. The Morgan fingerprint density at radius 2 is 1.00 bits per heavy atom. The van der Waals surface area contributed by atoms with Crippen molar-refractivity contribution < 1.29 is 13.3 Å². The zero-order valence-corrected chi connectivity index (χ0v) is 11.8. The molecule has 104 valence electrons. The van der Waals surface area contributed by atoms with E-state index in [1.807, 2.05) is 6.55 Å². The molecule has 0 heterocycles. The first-order chi connectivity index (χ1) is 8.18. The van der Waals surface area contributed by atoms with E-state index < -0.39 is 8.80 Å². The molecule has 0 spiro atoms. The summed E-state index contributed by atoms with van der Waals surface area (Å²) in [6.07, 6.45) is 2.43. The second kappa shape index (κ2) is 11.1. The minimum absolute atomic E-state index is 0.574. The lowest BCUT2D eigenvalue weighted by atomic mass is 10.5. The van der Waals surface area contributed by atoms with E-state index in [-0.39, 0.29) is 0 Å². The number of hydrogen-bond acceptors (Lipinski definition) is 6. The van der Waals surface area contributed by atoms with Gasteiger partial charge in [0.15, 0.2) is 0 Å². The summed E-state index contributed by atoms with van der Waals surface area (Å²) < 4.78 is 17.1. The molecule has 0 radical (unpaired) electrons. The average molecular weight is 265 g/mol. The molecule has 0 saturated carbocycles. The Morgan fingerprint density at radius 1 is 0.706 bits per heavy atom. The zero-order valence-electron chi connectivity index (χ0n) is 10.8. The van der Waals surface area contributed by atoms with E-state index in [2.05, 4.69) is 0 Å². The van der Waals surface area contributed by atoms with Gasteiger partial charge in [-0.2, -0.15) is 0 Å². The van der Waals surface area contributed by atoms with Crippen LogP contribution in [0.4, 0.5) is 0 Å². The van der Waals surface area contributed by atoms with Crippen LogP contribution in [0.15, 0.2) is 0 Å². The van der Waals surface area contributed by atoms with Crippen molar-refractivity contribution >= 4 is 8.80 Å². The van der Waals surface area contributed by atoms with E-state index in [1.54, 1.807) is 0 Å². The maximum absolute atomic E-state index is 5.70. The molecular formula is C10H27N3O3Si. The second-order valence-electron chi connectivity index (χ2n) is 3.83. The van der Waals surface area contributed by atoms with E-state index in [1.165, 1.54) is 0 Å². The number of rotatable bonds is 12. The van der Waals surface area contributed by atoms with Crippen LogP contribution in [0.3, 0.4) is 0 Å². The van der Waals surface area contributed by atoms with Crippen molar-refractivity contribution in [2.45, 2.75) is 25.8 Å². The molecule has 0 bridgehead atoms. The summed E-state index contributed by atoms with van der Waals surface area (Å²) in [6.45, 7) is 5.44. The lowest BCUT2D eigenvalue weighted by Gasteiger charge is -2.26. The van der Waals surface area contributed by atoms with E-state index in [0.717, 1.165) is 19.3 Å². The Bertz CT molecular complexity index is 148. The molecule has 0 aliphatic carbocycles. The van der Waals surface area contributed by atoms with Crippen molar-refractivity contribution in [1.82, 2.24) is 0 Å². The minimum Gasteiger partial charge on any atom is -0.374 e. The highest BCUT2D eigenvalue weighted by Gasteiger charge is 2.34. The van der Waals surface area contributed by atoms with Crippen molar-refractivity contribution in [3.05, 3.63) is 0 Å². The topological polar surface area (TPSA) is 106 Å². The van der Waals surface area contributed by atoms with Crippen LogP contribution in [0.5, 0.6) is 0 Å². The Labute approximate surface area is 105 Å². The van der Waals surface area contributed by atoms with Gasteiger partial charge in [0, 0.05) is 26.4 Å². The highest BCUT2D eigenvalue weighted by Crippen LogP contribution is 2.10. The second-order valence-corrected chi connectivity index (χ2v) is 6.43. The van der Waals surface area contributed by atoms with Crippen LogP contribution in [-0.2, 0) is 13.3 Å². The normalized spacial score (nSPS) is 12.0. The molecule has 0 aromatic heterocycles. The Hall–Kier alpha value is -0.0231. The van der Waals surface area contributed by atoms with E-state index >= 15 is 0 Å². The number of nitrogens with two attached hydrogens (primary N) is 3. The fraction of sp³-hybridized carbons (Fsp3) is 1.00. The molecule has 0 amide bonds. The standard InChI is InChI=1S/C10H27N3O3Si/c1-17(14-8-2-5-11,15-9-3-6-12)16-10-4-7-13/h2-13H2,1H3. The van der Waals surface area contributed by atoms with Crippen molar-refractivity contribution in [1.29, 1.82) is 0 Å². The predicted octanol–water partition coefficient (Wildman–Crippen LogP) is -0.349. The molecule has 17 heavy (non-hydrogen) atoms. The fourth-order valence-corrected chi connectivity index (χ4v) is 2.94. The summed E-state index contributed by atoms with van der Waals surface area (Å²) in [5.41, 5.74) is 16.3. The zero-order chi connectivity index (χ0) is 13.0. The van der Waals surface area contributed by atoms with Gasteiger partial charge in [0.2, 0.25) is 0 Å². The molecule has 7 heteroatoms. The molecule has 0 aliphatic rings. The highest BCUT2D eigenvalue weighted by molar-refractivity contribution is 6.59. The Balaban J connectivity index is 3.95. The van der Waals surface area contributed by atoms with Gasteiger partial charge in [-0.1, -0.05) is 0 Å². The van der Waals surface area contributed by atoms with E-state index in [0.29, 0.717) is 39.5 Å². The van der Waals surface area contributed by atoms with Gasteiger partial charge in [-0.3, -0.25) is 0 Å². The van der Waals surface area contributed by atoms with Gasteiger partial charge in [0.05, 0.1) is 0 Å². The summed E-state index contributed by atoms with van der Waals surface area (Å²) in [4.78, 5) is 0. The first-order valence-electron chi connectivity index (χ1n) is 6.20. The molecule has 0 atom stereocenters. The molecule has 0 aliphatic heterocycles. The molecule has 0 fully saturated rings. The average Bonchev–Trinajstić information content (AvgIpc) is 2.30. The monoisotopic (exact) mass is 265 g/mol. The molecule has 0 unspecified atom stereocenters. The van der Waals surface area contributed by atoms with Crippen molar-refractivity contribution in [2.24, 2.45) is 17.2 Å². The van der Waals surface area contributed by atoms with Crippen LogP contribution in [0.1, 0.15) is 19.3 Å². The fourth-order valence-electron chi connectivity index (χ4n) is 1.15. The first-order valence-corrected chi connectivity index (χ1v) is 8.43. The van der Waals surface area contributed by atoms with Crippen LogP contribution in [0.25, 0.3) is 0 Å². The van der Waals surface area contributed by atoms with Gasteiger partial charge in [0.1, 0.15) is 0 Å². The summed E-state index contributed by atoms with van der Waals surface area (Å²) in [6, 6.07) is 0. The molecule has 0 aromatic carbocycles. The molecule has 6 N–H and O–H groups in total. The molecule has 6 nitrogen and oxygen atoms in total. The summed E-state index contributed by atoms with van der Waals surface area (Å²) >= 11 is 0. The van der Waals surface area contributed by atoms with Gasteiger partial charge in [-0.05, 0) is 38.9 Å². The van der Waals surface area contributed by atoms with Gasteiger partial charge in [-0.25, -0.2) is 0 Å². The molecule has 0 aromatic rings. The van der Waals surface area contributed by atoms with Gasteiger partial charge < -0.3 is 30.5 Å². The van der Waals surface area contributed by atoms with Gasteiger partial charge in [-0.15, -0.1) is 0 Å². The van der Waals surface area contributed by atoms with Gasteiger partial charge >= 0.3 is 8.80 Å². The third-order valence-electron chi connectivity index (χ3n) is 2.14. The van der Waals surface area contributed by atoms with Crippen LogP contribution in [0.2, 0.25) is 6.55 Å². The molecular weight excluding hydrogens is 238 g/mol. The summed E-state index contributed by atoms with van der Waals surface area (Å²) in [7, 11) is -2.53. The van der Waals surface area contributed by atoms with E-state index in [9.17, 15) is 0 Å². The number of hydrogen-bond donors (Lipinski definition) is 3. The lowest BCUT2D eigenvalue weighted by molar-refractivity contribution is 0.0646. The summed E-state index contributed by atoms with van der Waals surface area (Å²) in [5, 5.41) is 0. The molecule has 0 saturated heterocycles. The van der Waals surface area contributed by atoms with Crippen LogP contribution < -0.4 is 17.2 Å². The predicted molar refractivity (Wildman–Crippen MR) is 70.5 cm³/mol. The lowest BCUT2D eigenvalue weighted by Crippen LogP contribution is -2.44. The van der Waals surface area contributed by atoms with Crippen molar-refractivity contribution in [2.75, 3.05) is 39.5 Å². The summed E-state index contributed by atoms with van der Waals surface area (Å²) in [5.74, 6) is 0. The molecule has 0 rings (SSSR count). The smallest absolute Gasteiger partial charge is 0.374 e. The SMILES string of the molecule is C[Si](OCCCN)(OCCCN)OCCCN. The van der Waals surface area contributed by atoms with Crippen molar-refractivity contribution in [3.8, 4) is 0 Å².